The number of hydrogen-bond donors (Lipinski definition) is 3. The van der Waals surface area contributed by atoms with E-state index < -0.39 is 84.8 Å². The maximum atomic E-state index is 14.5. The van der Waals surface area contributed by atoms with Crippen LogP contribution in [0.25, 0.3) is 11.6 Å². The lowest BCUT2D eigenvalue weighted by Gasteiger charge is -2.44. The van der Waals surface area contributed by atoms with Crippen LogP contribution in [0, 0.1) is 17.8 Å². The van der Waals surface area contributed by atoms with Crippen molar-refractivity contribution in [2.75, 3.05) is 18.1 Å². The Morgan fingerprint density at radius 1 is 0.848 bits per heavy atom. The van der Waals surface area contributed by atoms with Crippen molar-refractivity contribution in [3.05, 3.63) is 160 Å². The molecule has 0 unspecified atom stereocenters. The van der Waals surface area contributed by atoms with Gasteiger partial charge in [-0.25, -0.2) is 4.90 Å². The third-order valence-electron chi connectivity index (χ3n) is 12.4. The van der Waals surface area contributed by atoms with Crippen LogP contribution < -0.4 is 15.3 Å². The van der Waals surface area contributed by atoms with Gasteiger partial charge in [0.05, 0.1) is 58.7 Å². The smallest absolute Gasteiger partial charge is 0.416 e. The summed E-state index contributed by atoms with van der Waals surface area (Å²) in [5.74, 6) is -6.31. The largest absolute Gasteiger partial charge is 0.508 e. The highest BCUT2D eigenvalue weighted by Crippen LogP contribution is 2.49. The summed E-state index contributed by atoms with van der Waals surface area (Å²) in [6.45, 7) is 5.11. The van der Waals surface area contributed by atoms with E-state index in [9.17, 15) is 51.3 Å². The van der Waals surface area contributed by atoms with Crippen molar-refractivity contribution in [3.63, 3.8) is 0 Å². The number of aromatic hydroxyl groups is 1. The van der Waals surface area contributed by atoms with Crippen molar-refractivity contribution in [2.45, 2.75) is 63.5 Å². The summed E-state index contributed by atoms with van der Waals surface area (Å²) >= 11 is 6.49. The highest BCUT2D eigenvalue weighted by atomic mass is 35.5. The van der Waals surface area contributed by atoms with Crippen LogP contribution in [0.1, 0.15) is 62.4 Å². The first-order chi connectivity index (χ1) is 31.2. The lowest BCUT2D eigenvalue weighted by Crippen LogP contribution is -2.66. The number of anilines is 1. The number of phenols is 1. The average molecular weight is 949 g/mol. The minimum absolute atomic E-state index is 0.0432. The molecule has 2 heterocycles. The molecule has 16 heteroatoms. The summed E-state index contributed by atoms with van der Waals surface area (Å²) in [5, 5.41) is 35.2. The number of phenolic OH excluding ortho intramolecular Hbond substituents is 1. The van der Waals surface area contributed by atoms with Crippen molar-refractivity contribution < 1.29 is 55.7 Å². The highest BCUT2D eigenvalue weighted by Gasteiger charge is 2.57. The number of imide groups is 1. The molecule has 7 rings (SSSR count). The molecular formula is C50H47ClF6N2O6Si. The van der Waals surface area contributed by atoms with E-state index in [0.717, 1.165) is 10.4 Å². The number of rotatable bonds is 13. The maximum Gasteiger partial charge on any atom is 0.416 e. The molecule has 1 aliphatic heterocycles. The van der Waals surface area contributed by atoms with Crippen LogP contribution >= 0.6 is 11.6 Å². The zero-order valence-electron chi connectivity index (χ0n) is 36.1. The van der Waals surface area contributed by atoms with Gasteiger partial charge in [-0.15, -0.1) is 0 Å². The van der Waals surface area contributed by atoms with Gasteiger partial charge in [0.15, 0.2) is 0 Å². The Kier molecular flexibility index (Phi) is 13.9. The second-order valence-corrected chi connectivity index (χ2v) is 22.3. The van der Waals surface area contributed by atoms with Gasteiger partial charge in [-0.05, 0) is 112 Å². The topological polar surface area (TPSA) is 120 Å². The molecule has 2 aliphatic rings. The molecule has 5 aromatic rings. The van der Waals surface area contributed by atoms with Crippen molar-refractivity contribution in [1.82, 2.24) is 4.98 Å². The molecule has 0 radical (unpaired) electrons. The van der Waals surface area contributed by atoms with Gasteiger partial charge in [0.1, 0.15) is 5.75 Å². The molecule has 1 fully saturated rings. The predicted molar refractivity (Wildman–Crippen MR) is 242 cm³/mol. The van der Waals surface area contributed by atoms with Gasteiger partial charge in [0.2, 0.25) is 11.8 Å². The van der Waals surface area contributed by atoms with E-state index in [1.165, 1.54) is 12.1 Å². The number of halogens is 7. The number of pyridine rings is 1. The van der Waals surface area contributed by atoms with Crippen LogP contribution in [0.3, 0.4) is 0 Å². The summed E-state index contributed by atoms with van der Waals surface area (Å²) in [4.78, 5) is 33.8. The molecule has 0 bridgehead atoms. The lowest BCUT2D eigenvalue weighted by atomic mass is 9.68. The van der Waals surface area contributed by atoms with Crippen LogP contribution in [-0.4, -0.2) is 59.8 Å². The van der Waals surface area contributed by atoms with E-state index in [1.807, 2.05) is 81.4 Å². The number of carbonyl (C=O) groups excluding carboxylic acids is 2. The molecule has 0 saturated carbocycles. The van der Waals surface area contributed by atoms with E-state index in [2.05, 4.69) is 4.98 Å². The summed E-state index contributed by atoms with van der Waals surface area (Å²) in [6.07, 6.45) is -8.78. The van der Waals surface area contributed by atoms with Gasteiger partial charge in [-0.2, -0.15) is 26.3 Å². The van der Waals surface area contributed by atoms with Gasteiger partial charge >= 0.3 is 12.4 Å². The Morgan fingerprint density at radius 3 is 1.95 bits per heavy atom. The standard InChI is InChI=1S/C50H47ClF6N2O6Si/c1-48(2,3)66(37-12-6-4-7-13-37,38-14-8-5-9-15-38)65-29-32-23-39-45(47(64)59(46(39)63)35-25-33(49(52,53)54)24-34(26-35)50(55,56)57)40(28-60)44(32)43(62)20-18-31(42-16-10-11-21-58-42)22-30-17-19-36(61)27-41(30)51/h4-17,19,21-22,24-27,39-40,43,45,60-62H,18,20,23,28-29H2,1-3H3/b31-22-/t39-,40+,43-,45-/m1/s1. The minimum atomic E-state index is -5.26. The second kappa shape index (κ2) is 19.0. The molecule has 1 aromatic heterocycles. The Labute approximate surface area is 384 Å². The molecule has 2 amide bonds. The molecule has 4 aromatic carbocycles. The minimum Gasteiger partial charge on any atom is -0.508 e. The van der Waals surface area contributed by atoms with E-state index in [-0.39, 0.29) is 48.3 Å². The fraction of sp³-hybridized carbons (Fsp3) is 0.300. The summed E-state index contributed by atoms with van der Waals surface area (Å²) in [7, 11) is -3.34. The molecular weight excluding hydrogens is 902 g/mol. The van der Waals surface area contributed by atoms with Crippen molar-refractivity contribution in [1.29, 1.82) is 0 Å². The second-order valence-electron chi connectivity index (χ2n) is 17.6. The zero-order chi connectivity index (χ0) is 47.8. The number of amides is 2. The Bertz CT molecular complexity index is 2570. The summed E-state index contributed by atoms with van der Waals surface area (Å²) < 4.78 is 91.7. The Hall–Kier alpha value is -5.58. The molecule has 1 saturated heterocycles. The van der Waals surface area contributed by atoms with Crippen LogP contribution in [0.5, 0.6) is 5.75 Å². The van der Waals surface area contributed by atoms with Gasteiger partial charge < -0.3 is 19.7 Å². The molecule has 8 nitrogen and oxygen atoms in total. The average Bonchev–Trinajstić information content (AvgIpc) is 3.53. The zero-order valence-corrected chi connectivity index (χ0v) is 37.8. The third kappa shape index (κ3) is 9.63. The first-order valence-corrected chi connectivity index (χ1v) is 23.5. The predicted octanol–water partition coefficient (Wildman–Crippen LogP) is 9.85. The number of fused-ring (bicyclic) bond motifs is 1. The molecule has 0 spiro atoms. The van der Waals surface area contributed by atoms with Crippen molar-refractivity contribution >= 4 is 59.4 Å². The van der Waals surface area contributed by atoms with E-state index in [1.54, 1.807) is 36.5 Å². The Balaban J connectivity index is 1.35. The fourth-order valence-corrected chi connectivity index (χ4v) is 14.2. The van der Waals surface area contributed by atoms with E-state index in [0.29, 0.717) is 39.4 Å². The number of aliphatic hydroxyl groups is 2. The fourth-order valence-electron chi connectivity index (χ4n) is 9.47. The van der Waals surface area contributed by atoms with E-state index in [4.69, 9.17) is 16.0 Å². The molecule has 346 valence electrons. The number of hydrogen-bond acceptors (Lipinski definition) is 7. The third-order valence-corrected chi connectivity index (χ3v) is 17.8. The monoisotopic (exact) mass is 948 g/mol. The quantitative estimate of drug-likeness (QED) is 0.0466. The van der Waals surface area contributed by atoms with E-state index >= 15 is 0 Å². The van der Waals surface area contributed by atoms with Crippen molar-refractivity contribution in [2.24, 2.45) is 17.8 Å². The molecule has 1 aliphatic carbocycles. The number of aliphatic hydroxyl groups excluding tert-OH is 2. The number of benzene rings is 4. The molecule has 66 heavy (non-hydrogen) atoms. The summed E-state index contributed by atoms with van der Waals surface area (Å²) in [6, 6.07) is 29.5. The van der Waals surface area contributed by atoms with Crippen LogP contribution in [0.2, 0.25) is 10.1 Å². The summed E-state index contributed by atoms with van der Waals surface area (Å²) in [5.41, 5.74) is -2.09. The highest BCUT2D eigenvalue weighted by molar-refractivity contribution is 6.99. The first-order valence-electron chi connectivity index (χ1n) is 21.2. The van der Waals surface area contributed by atoms with Gasteiger partial charge in [0.25, 0.3) is 8.32 Å². The first kappa shape index (κ1) is 48.4. The maximum absolute atomic E-state index is 14.5. The Morgan fingerprint density at radius 2 is 1.44 bits per heavy atom. The van der Waals surface area contributed by atoms with Crippen LogP contribution in [0.4, 0.5) is 32.0 Å². The van der Waals surface area contributed by atoms with Crippen molar-refractivity contribution in [3.8, 4) is 5.75 Å². The normalized spacial score (nSPS) is 19.1. The van der Waals surface area contributed by atoms with Gasteiger partial charge in [-0.1, -0.05) is 99.1 Å². The van der Waals surface area contributed by atoms with Gasteiger partial charge in [-0.3, -0.25) is 14.6 Å². The molecule has 3 N–H and O–H groups in total. The number of aromatic nitrogens is 1. The number of carbonyl (C=O) groups is 2. The lowest BCUT2D eigenvalue weighted by molar-refractivity contribution is -0.143. The molecule has 4 atom stereocenters. The number of nitrogens with zero attached hydrogens (tertiary/aromatic N) is 2. The number of alkyl halides is 6. The SMILES string of the molecule is CC(C)(C)[Si](OCC1=C([C@H](O)CC/C(=C/c2ccc(O)cc2Cl)c2ccccn2)[C@H](CO)[C@@H]2C(=O)N(c3cc(C(F)(F)F)cc(C(F)(F)F)c3)C(=O)[C@@H]2C1)(c1ccccc1)c1ccccc1. The van der Waals surface area contributed by atoms with Crippen LogP contribution in [-0.2, 0) is 26.4 Å². The number of allylic oxidation sites excluding steroid dienone is 1. The van der Waals surface area contributed by atoms with Crippen LogP contribution in [0.15, 0.2) is 133 Å². The van der Waals surface area contributed by atoms with Gasteiger partial charge in [0, 0.05) is 12.1 Å².